The maximum absolute atomic E-state index is 13.5. The Morgan fingerprint density at radius 1 is 1.10 bits per heavy atom. The van der Waals surface area contributed by atoms with Crippen molar-refractivity contribution in [2.75, 3.05) is 31.7 Å². The molecule has 1 saturated heterocycles. The Labute approximate surface area is 172 Å². The number of hydrogen-bond acceptors (Lipinski definition) is 3. The van der Waals surface area contributed by atoms with Gasteiger partial charge in [0.25, 0.3) is 0 Å². The maximum atomic E-state index is 13.5. The van der Waals surface area contributed by atoms with Crippen molar-refractivity contribution in [1.29, 1.82) is 0 Å². The number of nitrogens with zero attached hydrogens (tertiary/aromatic N) is 1. The number of nitrogens with one attached hydrogen (secondary N) is 1. The van der Waals surface area contributed by atoms with Gasteiger partial charge >= 0.3 is 0 Å². The van der Waals surface area contributed by atoms with Crippen LogP contribution in [0.25, 0.3) is 0 Å². The van der Waals surface area contributed by atoms with Gasteiger partial charge in [-0.2, -0.15) is 0 Å². The first-order valence-electron chi connectivity index (χ1n) is 10.4. The molecule has 1 atom stereocenters. The van der Waals surface area contributed by atoms with E-state index in [9.17, 15) is 9.59 Å². The van der Waals surface area contributed by atoms with Gasteiger partial charge in [-0.3, -0.25) is 9.59 Å². The van der Waals surface area contributed by atoms with Crippen molar-refractivity contribution < 1.29 is 14.3 Å². The largest absolute Gasteiger partial charge is 0.381 e. The molecule has 0 radical (unpaired) electrons. The van der Waals surface area contributed by atoms with Crippen molar-refractivity contribution in [3.8, 4) is 0 Å². The lowest BCUT2D eigenvalue weighted by Crippen LogP contribution is -2.45. The van der Waals surface area contributed by atoms with Crippen molar-refractivity contribution in [2.45, 2.75) is 31.1 Å². The van der Waals surface area contributed by atoms with Crippen molar-refractivity contribution in [1.82, 2.24) is 5.32 Å². The molecule has 2 aliphatic heterocycles. The fourth-order valence-electron chi connectivity index (χ4n) is 4.61. The second-order valence-electron chi connectivity index (χ2n) is 8.16. The highest BCUT2D eigenvalue weighted by atomic mass is 16.5. The third kappa shape index (κ3) is 3.92. The maximum Gasteiger partial charge on any atom is 0.238 e. The molecule has 2 aromatic rings. The highest BCUT2D eigenvalue weighted by Gasteiger charge is 2.50. The molecule has 1 N–H and O–H groups in total. The molecule has 1 fully saturated rings. The zero-order valence-corrected chi connectivity index (χ0v) is 16.9. The van der Waals surface area contributed by atoms with Crippen LogP contribution >= 0.6 is 0 Å². The molecule has 0 aromatic heterocycles. The van der Waals surface area contributed by atoms with Crippen LogP contribution in [-0.2, 0) is 26.2 Å². The first-order valence-corrected chi connectivity index (χ1v) is 10.4. The summed E-state index contributed by atoms with van der Waals surface area (Å²) in [6, 6.07) is 17.8. The normalized spacial score (nSPS) is 21.8. The van der Waals surface area contributed by atoms with E-state index < -0.39 is 5.41 Å². The molecule has 2 amide bonds. The molecule has 2 aromatic carbocycles. The molecule has 5 nitrogen and oxygen atoms in total. The summed E-state index contributed by atoms with van der Waals surface area (Å²) in [5.41, 5.74) is 2.03. The van der Waals surface area contributed by atoms with Crippen LogP contribution in [0.2, 0.25) is 0 Å². The average Bonchev–Trinajstić information content (AvgIpc) is 2.96. The van der Waals surface area contributed by atoms with Gasteiger partial charge in [0.1, 0.15) is 0 Å². The molecule has 0 aliphatic carbocycles. The molecular formula is C24H28N2O3. The standard InChI is InChI=1S/C24H28N2O3/c1-26-21-10-6-5-9-20(21)24(23(26)28,15-18-7-3-2-4-8-18)16-22(27)25-17-19-11-13-29-14-12-19/h2-10,19H,11-17H2,1H3,(H,25,27). The lowest BCUT2D eigenvalue weighted by Gasteiger charge is -2.29. The molecule has 0 bridgehead atoms. The van der Waals surface area contributed by atoms with E-state index in [4.69, 9.17) is 4.74 Å². The predicted octanol–water partition coefficient (Wildman–Crippen LogP) is 3.08. The Morgan fingerprint density at radius 3 is 2.55 bits per heavy atom. The van der Waals surface area contributed by atoms with Gasteiger partial charge in [-0.25, -0.2) is 0 Å². The highest BCUT2D eigenvalue weighted by Crippen LogP contribution is 2.45. The van der Waals surface area contributed by atoms with Crippen LogP contribution in [0.3, 0.4) is 0 Å². The lowest BCUT2D eigenvalue weighted by molar-refractivity contribution is -0.129. The van der Waals surface area contributed by atoms with Crippen molar-refractivity contribution >= 4 is 17.5 Å². The number of likely N-dealkylation sites (N-methyl/N-ethyl adjacent to an activating group) is 1. The summed E-state index contributed by atoms with van der Waals surface area (Å²) in [5, 5.41) is 3.09. The van der Waals surface area contributed by atoms with Crippen LogP contribution < -0.4 is 10.2 Å². The smallest absolute Gasteiger partial charge is 0.238 e. The monoisotopic (exact) mass is 392 g/mol. The molecule has 0 saturated carbocycles. The summed E-state index contributed by atoms with van der Waals surface area (Å²) < 4.78 is 5.40. The van der Waals surface area contributed by atoms with Crippen molar-refractivity contribution in [3.05, 3.63) is 65.7 Å². The summed E-state index contributed by atoms with van der Waals surface area (Å²) in [7, 11) is 1.80. The van der Waals surface area contributed by atoms with E-state index in [0.29, 0.717) is 18.9 Å². The Hall–Kier alpha value is -2.66. The van der Waals surface area contributed by atoms with Crippen molar-refractivity contribution in [2.24, 2.45) is 5.92 Å². The molecule has 2 aliphatic rings. The van der Waals surface area contributed by atoms with Gasteiger partial charge in [0.2, 0.25) is 11.8 Å². The Morgan fingerprint density at radius 2 is 1.79 bits per heavy atom. The molecule has 29 heavy (non-hydrogen) atoms. The van der Waals surface area contributed by atoms with Crippen LogP contribution in [0, 0.1) is 5.92 Å². The zero-order chi connectivity index (χ0) is 20.3. The minimum absolute atomic E-state index is 0.0104. The predicted molar refractivity (Wildman–Crippen MR) is 113 cm³/mol. The Bertz CT molecular complexity index is 877. The van der Waals surface area contributed by atoms with E-state index in [0.717, 1.165) is 42.9 Å². The number of anilines is 1. The minimum atomic E-state index is -0.869. The number of para-hydroxylation sites is 1. The number of amides is 2. The first-order chi connectivity index (χ1) is 14.1. The van der Waals surface area contributed by atoms with Gasteiger partial charge in [0.05, 0.1) is 5.41 Å². The quantitative estimate of drug-likeness (QED) is 0.822. The van der Waals surface area contributed by atoms with Gasteiger partial charge in [0, 0.05) is 38.9 Å². The second kappa shape index (κ2) is 8.37. The molecular weight excluding hydrogens is 364 g/mol. The zero-order valence-electron chi connectivity index (χ0n) is 16.9. The number of hydrogen-bond donors (Lipinski definition) is 1. The molecule has 1 unspecified atom stereocenters. The average molecular weight is 392 g/mol. The first kappa shape index (κ1) is 19.6. The second-order valence-corrected chi connectivity index (χ2v) is 8.16. The summed E-state index contributed by atoms with van der Waals surface area (Å²) >= 11 is 0. The fraction of sp³-hybridized carbons (Fsp3) is 0.417. The number of ether oxygens (including phenoxy) is 1. The number of benzene rings is 2. The van der Waals surface area contributed by atoms with E-state index >= 15 is 0 Å². The van der Waals surface area contributed by atoms with Gasteiger partial charge in [-0.15, -0.1) is 0 Å². The third-order valence-electron chi connectivity index (χ3n) is 6.23. The molecule has 152 valence electrons. The van der Waals surface area contributed by atoms with Gasteiger partial charge in [0.15, 0.2) is 0 Å². The Kier molecular flexibility index (Phi) is 5.67. The highest BCUT2D eigenvalue weighted by molar-refractivity contribution is 6.09. The van der Waals surface area contributed by atoms with E-state index in [1.807, 2.05) is 54.6 Å². The summed E-state index contributed by atoms with van der Waals surface area (Å²) in [4.78, 5) is 28.1. The summed E-state index contributed by atoms with van der Waals surface area (Å²) in [6.45, 7) is 2.17. The molecule has 2 heterocycles. The van der Waals surface area contributed by atoms with Crippen molar-refractivity contribution in [3.63, 3.8) is 0 Å². The van der Waals surface area contributed by atoms with Gasteiger partial charge in [-0.05, 0) is 42.4 Å². The molecule has 0 spiro atoms. The third-order valence-corrected chi connectivity index (χ3v) is 6.23. The van der Waals surface area contributed by atoms with E-state index in [2.05, 4.69) is 5.32 Å². The number of carbonyl (C=O) groups excluding carboxylic acids is 2. The van der Waals surface area contributed by atoms with Gasteiger partial charge < -0.3 is 15.0 Å². The van der Waals surface area contributed by atoms with E-state index in [1.165, 1.54) is 0 Å². The van der Waals surface area contributed by atoms with Crippen LogP contribution in [0.5, 0.6) is 0 Å². The fourth-order valence-corrected chi connectivity index (χ4v) is 4.61. The lowest BCUT2D eigenvalue weighted by atomic mass is 9.73. The van der Waals surface area contributed by atoms with Crippen LogP contribution in [-0.4, -0.2) is 38.6 Å². The SMILES string of the molecule is CN1C(=O)C(CC(=O)NCC2CCOCC2)(Cc2ccccc2)c2ccccc21. The number of carbonyl (C=O) groups is 2. The minimum Gasteiger partial charge on any atom is -0.381 e. The van der Waals surface area contributed by atoms with Gasteiger partial charge in [-0.1, -0.05) is 48.5 Å². The van der Waals surface area contributed by atoms with Crippen LogP contribution in [0.1, 0.15) is 30.4 Å². The molecule has 5 heteroatoms. The topological polar surface area (TPSA) is 58.6 Å². The molecule has 4 rings (SSSR count). The van der Waals surface area contributed by atoms with E-state index in [1.54, 1.807) is 11.9 Å². The Balaban J connectivity index is 1.59. The van der Waals surface area contributed by atoms with Crippen LogP contribution in [0.15, 0.2) is 54.6 Å². The number of fused-ring (bicyclic) bond motifs is 1. The van der Waals surface area contributed by atoms with E-state index in [-0.39, 0.29) is 18.2 Å². The number of rotatable bonds is 6. The van der Waals surface area contributed by atoms with Crippen LogP contribution in [0.4, 0.5) is 5.69 Å². The summed E-state index contributed by atoms with van der Waals surface area (Å²) in [5.74, 6) is 0.377. The summed E-state index contributed by atoms with van der Waals surface area (Å²) in [6.07, 6.45) is 2.61.